The Morgan fingerprint density at radius 1 is 1.29 bits per heavy atom. The van der Waals surface area contributed by atoms with Gasteiger partial charge >= 0.3 is 0 Å². The van der Waals surface area contributed by atoms with Crippen LogP contribution in [0.15, 0.2) is 6.07 Å². The summed E-state index contributed by atoms with van der Waals surface area (Å²) in [4.78, 5) is 0. The van der Waals surface area contributed by atoms with Crippen molar-refractivity contribution in [2.75, 3.05) is 26.2 Å². The Morgan fingerprint density at radius 3 is 2.35 bits per heavy atom. The van der Waals surface area contributed by atoms with E-state index in [1.807, 2.05) is 0 Å². The predicted octanol–water partition coefficient (Wildman–Crippen LogP) is 3.13. The van der Waals surface area contributed by atoms with Crippen molar-refractivity contribution in [1.82, 2.24) is 0 Å². The molecule has 0 saturated carbocycles. The number of alkyl halides is 1. The molecule has 1 saturated heterocycles. The molecule has 0 amide bonds. The van der Waals surface area contributed by atoms with Crippen LogP contribution in [0.3, 0.4) is 0 Å². The SMILES string of the molecule is COc1c(C)c(C)cc(C)c1C1(CCl)COC1. The average molecular weight is 255 g/mol. The molecular weight excluding hydrogens is 236 g/mol. The summed E-state index contributed by atoms with van der Waals surface area (Å²) in [5, 5.41) is 0. The van der Waals surface area contributed by atoms with Gasteiger partial charge in [-0.25, -0.2) is 0 Å². The van der Waals surface area contributed by atoms with E-state index in [1.165, 1.54) is 22.3 Å². The van der Waals surface area contributed by atoms with Gasteiger partial charge in [-0.2, -0.15) is 0 Å². The van der Waals surface area contributed by atoms with Gasteiger partial charge < -0.3 is 9.47 Å². The van der Waals surface area contributed by atoms with Crippen LogP contribution in [0.4, 0.5) is 0 Å². The fourth-order valence-corrected chi connectivity index (χ4v) is 2.89. The second-order valence-electron chi connectivity index (χ2n) is 4.95. The van der Waals surface area contributed by atoms with Crippen molar-refractivity contribution in [3.8, 4) is 5.75 Å². The number of halogens is 1. The standard InChI is InChI=1S/C14H19ClO2/c1-9-5-10(2)12(13(16-4)11(9)3)14(6-15)7-17-8-14/h5H,6-8H2,1-4H3. The second-order valence-corrected chi connectivity index (χ2v) is 5.22. The van der Waals surface area contributed by atoms with Crippen molar-refractivity contribution in [2.45, 2.75) is 26.2 Å². The molecule has 1 heterocycles. The van der Waals surface area contributed by atoms with Gasteiger partial charge in [0.2, 0.25) is 0 Å². The van der Waals surface area contributed by atoms with E-state index in [-0.39, 0.29) is 5.41 Å². The molecule has 3 heteroatoms. The highest BCUT2D eigenvalue weighted by Crippen LogP contribution is 2.43. The van der Waals surface area contributed by atoms with E-state index in [1.54, 1.807) is 7.11 Å². The summed E-state index contributed by atoms with van der Waals surface area (Å²) in [6.45, 7) is 7.71. The molecule has 0 spiro atoms. The van der Waals surface area contributed by atoms with Crippen LogP contribution in [0.5, 0.6) is 5.75 Å². The topological polar surface area (TPSA) is 18.5 Å². The minimum atomic E-state index is -0.0601. The average Bonchev–Trinajstić information content (AvgIpc) is 2.24. The summed E-state index contributed by atoms with van der Waals surface area (Å²) in [5.74, 6) is 1.55. The first kappa shape index (κ1) is 12.7. The summed E-state index contributed by atoms with van der Waals surface area (Å²) in [7, 11) is 1.73. The predicted molar refractivity (Wildman–Crippen MR) is 70.4 cm³/mol. The van der Waals surface area contributed by atoms with E-state index in [9.17, 15) is 0 Å². The van der Waals surface area contributed by atoms with Gasteiger partial charge in [-0.3, -0.25) is 0 Å². The van der Waals surface area contributed by atoms with Crippen molar-refractivity contribution < 1.29 is 9.47 Å². The minimum Gasteiger partial charge on any atom is -0.496 e. The first-order valence-electron chi connectivity index (χ1n) is 5.84. The summed E-state index contributed by atoms with van der Waals surface area (Å²) in [6.07, 6.45) is 0. The fourth-order valence-electron chi connectivity index (χ4n) is 2.60. The molecule has 94 valence electrons. The van der Waals surface area contributed by atoms with Gasteiger partial charge in [0.05, 0.1) is 25.7 Å². The Hall–Kier alpha value is -0.730. The Morgan fingerprint density at radius 2 is 1.94 bits per heavy atom. The molecule has 0 unspecified atom stereocenters. The number of hydrogen-bond acceptors (Lipinski definition) is 2. The molecule has 1 aromatic carbocycles. The van der Waals surface area contributed by atoms with Gasteiger partial charge in [-0.15, -0.1) is 11.6 Å². The molecule has 0 radical (unpaired) electrons. The Kier molecular flexibility index (Phi) is 3.37. The Balaban J connectivity index is 2.63. The van der Waals surface area contributed by atoms with Crippen LogP contribution in [0.25, 0.3) is 0 Å². The third-order valence-corrected chi connectivity index (χ3v) is 4.25. The lowest BCUT2D eigenvalue weighted by molar-refractivity contribution is -0.0492. The molecule has 0 aliphatic carbocycles. The van der Waals surface area contributed by atoms with Crippen molar-refractivity contribution in [3.63, 3.8) is 0 Å². The van der Waals surface area contributed by atoms with Crippen LogP contribution in [0.1, 0.15) is 22.3 Å². The fraction of sp³-hybridized carbons (Fsp3) is 0.571. The maximum absolute atomic E-state index is 6.15. The van der Waals surface area contributed by atoms with Crippen LogP contribution >= 0.6 is 11.6 Å². The van der Waals surface area contributed by atoms with Crippen LogP contribution in [-0.2, 0) is 10.2 Å². The number of aryl methyl sites for hydroxylation is 2. The van der Waals surface area contributed by atoms with Crippen LogP contribution in [0, 0.1) is 20.8 Å². The molecule has 17 heavy (non-hydrogen) atoms. The molecule has 2 rings (SSSR count). The largest absolute Gasteiger partial charge is 0.496 e. The zero-order valence-corrected chi connectivity index (χ0v) is 11.6. The molecule has 1 aliphatic heterocycles. The summed E-state index contributed by atoms with van der Waals surface area (Å²) in [6, 6.07) is 2.21. The van der Waals surface area contributed by atoms with Gasteiger partial charge in [-0.05, 0) is 37.5 Å². The highest BCUT2D eigenvalue weighted by Gasteiger charge is 2.43. The van der Waals surface area contributed by atoms with E-state index >= 15 is 0 Å². The Bertz CT molecular complexity index is 431. The lowest BCUT2D eigenvalue weighted by Gasteiger charge is -2.42. The second kappa shape index (κ2) is 4.51. The minimum absolute atomic E-state index is 0.0601. The summed E-state index contributed by atoms with van der Waals surface area (Å²) >= 11 is 6.15. The van der Waals surface area contributed by atoms with Crippen LogP contribution in [0.2, 0.25) is 0 Å². The van der Waals surface area contributed by atoms with Gasteiger partial charge in [0.1, 0.15) is 5.75 Å². The van der Waals surface area contributed by atoms with Crippen molar-refractivity contribution in [3.05, 3.63) is 28.3 Å². The molecular formula is C14H19ClO2. The molecule has 0 atom stereocenters. The highest BCUT2D eigenvalue weighted by atomic mass is 35.5. The zero-order chi connectivity index (χ0) is 12.6. The van der Waals surface area contributed by atoms with Gasteiger partial charge in [0, 0.05) is 11.4 Å². The Labute approximate surface area is 108 Å². The van der Waals surface area contributed by atoms with Crippen molar-refractivity contribution >= 4 is 11.6 Å². The third kappa shape index (κ3) is 1.84. The molecule has 1 aromatic rings. The first-order chi connectivity index (χ1) is 8.05. The number of rotatable bonds is 3. The van der Waals surface area contributed by atoms with E-state index < -0.39 is 0 Å². The van der Waals surface area contributed by atoms with Crippen molar-refractivity contribution in [2.24, 2.45) is 0 Å². The van der Waals surface area contributed by atoms with Gasteiger partial charge in [0.25, 0.3) is 0 Å². The van der Waals surface area contributed by atoms with E-state index in [0.29, 0.717) is 19.1 Å². The van der Waals surface area contributed by atoms with Crippen LogP contribution in [-0.4, -0.2) is 26.2 Å². The zero-order valence-electron chi connectivity index (χ0n) is 10.9. The summed E-state index contributed by atoms with van der Waals surface area (Å²) < 4.78 is 11.0. The lowest BCUT2D eigenvalue weighted by Crippen LogP contribution is -2.49. The third-order valence-electron chi connectivity index (χ3n) is 3.73. The van der Waals surface area contributed by atoms with E-state index in [0.717, 1.165) is 5.75 Å². The maximum Gasteiger partial charge on any atom is 0.126 e. The number of ether oxygens (including phenoxy) is 2. The molecule has 2 nitrogen and oxygen atoms in total. The first-order valence-corrected chi connectivity index (χ1v) is 6.38. The van der Waals surface area contributed by atoms with Crippen LogP contribution < -0.4 is 4.74 Å². The molecule has 1 fully saturated rings. The number of methoxy groups -OCH3 is 1. The monoisotopic (exact) mass is 254 g/mol. The molecule has 0 N–H and O–H groups in total. The quantitative estimate of drug-likeness (QED) is 0.772. The van der Waals surface area contributed by atoms with Gasteiger partial charge in [0.15, 0.2) is 0 Å². The molecule has 0 aromatic heterocycles. The van der Waals surface area contributed by atoms with E-state index in [2.05, 4.69) is 26.8 Å². The number of hydrogen-bond donors (Lipinski definition) is 0. The molecule has 1 aliphatic rings. The van der Waals surface area contributed by atoms with Crippen molar-refractivity contribution in [1.29, 1.82) is 0 Å². The number of benzene rings is 1. The van der Waals surface area contributed by atoms with E-state index in [4.69, 9.17) is 21.1 Å². The normalized spacial score (nSPS) is 17.7. The maximum atomic E-state index is 6.15. The highest BCUT2D eigenvalue weighted by molar-refractivity contribution is 6.18. The summed E-state index contributed by atoms with van der Waals surface area (Å²) in [5.41, 5.74) is 4.87. The smallest absolute Gasteiger partial charge is 0.126 e. The van der Waals surface area contributed by atoms with Gasteiger partial charge in [-0.1, -0.05) is 6.07 Å². The lowest BCUT2D eigenvalue weighted by atomic mass is 9.76. The molecule has 0 bridgehead atoms.